The van der Waals surface area contributed by atoms with Gasteiger partial charge in [-0.3, -0.25) is 0 Å². The van der Waals surface area contributed by atoms with Crippen LogP contribution in [0.15, 0.2) is 34.7 Å². The van der Waals surface area contributed by atoms with Gasteiger partial charge >= 0.3 is 0 Å². The molecule has 1 heterocycles. The highest BCUT2D eigenvalue weighted by Crippen LogP contribution is 2.24. The number of hydrogen-bond acceptors (Lipinski definition) is 2. The molecule has 114 valence electrons. The van der Waals surface area contributed by atoms with Crippen LogP contribution in [0, 0.1) is 5.82 Å². The summed E-state index contributed by atoms with van der Waals surface area (Å²) in [4.78, 5) is 0. The molecule has 0 radical (unpaired) electrons. The van der Waals surface area contributed by atoms with E-state index in [0.717, 1.165) is 42.9 Å². The SMILES string of the molecule is CCCNC(Cc1ccc(F)c(Cl)c1)c1ccc(CC)o1. The molecule has 1 N–H and O–H groups in total. The third-order valence-corrected chi connectivity index (χ3v) is 3.73. The summed E-state index contributed by atoms with van der Waals surface area (Å²) in [5.41, 5.74) is 0.990. The van der Waals surface area contributed by atoms with Gasteiger partial charge in [0.25, 0.3) is 0 Å². The predicted molar refractivity (Wildman–Crippen MR) is 84.2 cm³/mol. The van der Waals surface area contributed by atoms with Gasteiger partial charge in [-0.1, -0.05) is 31.5 Å². The van der Waals surface area contributed by atoms with E-state index in [0.29, 0.717) is 0 Å². The van der Waals surface area contributed by atoms with Crippen molar-refractivity contribution in [1.29, 1.82) is 0 Å². The quantitative estimate of drug-likeness (QED) is 0.785. The molecule has 0 fully saturated rings. The molecule has 2 aromatic rings. The molecule has 0 aliphatic carbocycles. The van der Waals surface area contributed by atoms with Gasteiger partial charge in [-0.15, -0.1) is 0 Å². The van der Waals surface area contributed by atoms with E-state index in [9.17, 15) is 4.39 Å². The molecule has 2 nitrogen and oxygen atoms in total. The highest BCUT2D eigenvalue weighted by molar-refractivity contribution is 6.30. The minimum absolute atomic E-state index is 0.0757. The molecule has 1 unspecified atom stereocenters. The van der Waals surface area contributed by atoms with Crippen molar-refractivity contribution in [1.82, 2.24) is 5.32 Å². The Bertz CT molecular complexity index is 582. The van der Waals surface area contributed by atoms with E-state index in [4.69, 9.17) is 16.0 Å². The monoisotopic (exact) mass is 309 g/mol. The Morgan fingerprint density at radius 1 is 1.24 bits per heavy atom. The third kappa shape index (κ3) is 4.32. The van der Waals surface area contributed by atoms with Crippen molar-refractivity contribution in [2.24, 2.45) is 0 Å². The molecule has 0 aliphatic heterocycles. The van der Waals surface area contributed by atoms with Gasteiger partial charge in [0.05, 0.1) is 11.1 Å². The van der Waals surface area contributed by atoms with Crippen LogP contribution in [0.3, 0.4) is 0 Å². The fraction of sp³-hybridized carbons (Fsp3) is 0.412. The summed E-state index contributed by atoms with van der Waals surface area (Å²) < 4.78 is 19.1. The molecule has 0 saturated carbocycles. The zero-order valence-corrected chi connectivity index (χ0v) is 13.2. The topological polar surface area (TPSA) is 25.2 Å². The second-order valence-electron chi connectivity index (χ2n) is 5.12. The lowest BCUT2D eigenvalue weighted by molar-refractivity contribution is 0.392. The molecule has 0 amide bonds. The van der Waals surface area contributed by atoms with E-state index in [1.54, 1.807) is 12.1 Å². The lowest BCUT2D eigenvalue weighted by Gasteiger charge is -2.16. The van der Waals surface area contributed by atoms with E-state index in [2.05, 4.69) is 19.2 Å². The maximum atomic E-state index is 13.2. The van der Waals surface area contributed by atoms with Crippen molar-refractivity contribution in [2.45, 2.75) is 39.2 Å². The van der Waals surface area contributed by atoms with E-state index in [1.807, 2.05) is 12.1 Å². The van der Waals surface area contributed by atoms with Crippen molar-refractivity contribution < 1.29 is 8.81 Å². The largest absolute Gasteiger partial charge is 0.464 e. The zero-order chi connectivity index (χ0) is 15.2. The summed E-state index contributed by atoms with van der Waals surface area (Å²) in [6.07, 6.45) is 2.64. The van der Waals surface area contributed by atoms with Crippen LogP contribution in [0.5, 0.6) is 0 Å². The first-order valence-electron chi connectivity index (χ1n) is 7.40. The predicted octanol–water partition coefficient (Wildman–Crippen LogP) is 4.92. The van der Waals surface area contributed by atoms with Gasteiger partial charge in [0.1, 0.15) is 17.3 Å². The Kier molecular flexibility index (Phi) is 5.83. The van der Waals surface area contributed by atoms with Crippen LogP contribution in [-0.2, 0) is 12.8 Å². The van der Waals surface area contributed by atoms with Crippen LogP contribution in [0.25, 0.3) is 0 Å². The molecular formula is C17H21ClFNO. The number of rotatable bonds is 7. The number of aryl methyl sites for hydroxylation is 1. The van der Waals surface area contributed by atoms with Gasteiger partial charge in [0, 0.05) is 6.42 Å². The van der Waals surface area contributed by atoms with Crippen molar-refractivity contribution in [2.75, 3.05) is 6.54 Å². The Hall–Kier alpha value is -1.32. The van der Waals surface area contributed by atoms with E-state index < -0.39 is 0 Å². The second kappa shape index (κ2) is 7.62. The maximum Gasteiger partial charge on any atom is 0.141 e. The van der Waals surface area contributed by atoms with Crippen LogP contribution >= 0.6 is 11.6 Å². The third-order valence-electron chi connectivity index (χ3n) is 3.44. The van der Waals surface area contributed by atoms with Crippen LogP contribution in [0.4, 0.5) is 4.39 Å². The van der Waals surface area contributed by atoms with Crippen molar-refractivity contribution in [3.63, 3.8) is 0 Å². The normalized spacial score (nSPS) is 12.6. The maximum absolute atomic E-state index is 13.2. The summed E-state index contributed by atoms with van der Waals surface area (Å²) in [7, 11) is 0. The fourth-order valence-electron chi connectivity index (χ4n) is 2.27. The number of halogens is 2. The lowest BCUT2D eigenvalue weighted by atomic mass is 10.0. The molecule has 0 spiro atoms. The summed E-state index contributed by atoms with van der Waals surface area (Å²) in [5.74, 6) is 1.51. The fourth-order valence-corrected chi connectivity index (χ4v) is 2.47. The van der Waals surface area contributed by atoms with Gasteiger partial charge < -0.3 is 9.73 Å². The van der Waals surface area contributed by atoms with Gasteiger partial charge in [0.15, 0.2) is 0 Å². The van der Waals surface area contributed by atoms with Crippen molar-refractivity contribution >= 4 is 11.6 Å². The van der Waals surface area contributed by atoms with Gasteiger partial charge in [-0.05, 0) is 49.2 Å². The standard InChI is InChI=1S/C17H21ClFNO/c1-3-9-20-16(17-8-6-13(4-2)21-17)11-12-5-7-15(19)14(18)10-12/h5-8,10,16,20H,3-4,9,11H2,1-2H3. The Balaban J connectivity index is 2.17. The van der Waals surface area contributed by atoms with Crippen molar-refractivity contribution in [3.8, 4) is 0 Å². The Morgan fingerprint density at radius 3 is 2.67 bits per heavy atom. The summed E-state index contributed by atoms with van der Waals surface area (Å²) in [6.45, 7) is 5.09. The molecule has 1 aromatic heterocycles. The van der Waals surface area contributed by atoms with Crippen molar-refractivity contribution in [3.05, 3.63) is 58.3 Å². The average Bonchev–Trinajstić information content (AvgIpc) is 2.96. The van der Waals surface area contributed by atoms with E-state index in [1.165, 1.54) is 6.07 Å². The highest BCUT2D eigenvalue weighted by atomic mass is 35.5. The molecule has 0 bridgehead atoms. The van der Waals surface area contributed by atoms with Gasteiger partial charge in [0.2, 0.25) is 0 Å². The smallest absolute Gasteiger partial charge is 0.141 e. The van der Waals surface area contributed by atoms with Crippen LogP contribution in [0.1, 0.15) is 43.4 Å². The van der Waals surface area contributed by atoms with Crippen LogP contribution < -0.4 is 5.32 Å². The number of nitrogens with one attached hydrogen (secondary N) is 1. The average molecular weight is 310 g/mol. The molecule has 0 saturated heterocycles. The number of hydrogen-bond donors (Lipinski definition) is 1. The summed E-state index contributed by atoms with van der Waals surface area (Å²) >= 11 is 5.86. The first-order valence-corrected chi connectivity index (χ1v) is 7.77. The Morgan fingerprint density at radius 2 is 2.05 bits per heavy atom. The number of benzene rings is 1. The zero-order valence-electron chi connectivity index (χ0n) is 12.5. The van der Waals surface area contributed by atoms with Crippen LogP contribution in [0.2, 0.25) is 5.02 Å². The van der Waals surface area contributed by atoms with Crippen LogP contribution in [-0.4, -0.2) is 6.54 Å². The molecule has 1 atom stereocenters. The Labute approximate surface area is 130 Å². The van der Waals surface area contributed by atoms with E-state index >= 15 is 0 Å². The first kappa shape index (κ1) is 16.1. The molecule has 1 aromatic carbocycles. The lowest BCUT2D eigenvalue weighted by Crippen LogP contribution is -2.23. The molecule has 0 aliphatic rings. The number of furan rings is 1. The highest BCUT2D eigenvalue weighted by Gasteiger charge is 2.16. The molecule has 21 heavy (non-hydrogen) atoms. The van der Waals surface area contributed by atoms with E-state index in [-0.39, 0.29) is 16.9 Å². The first-order chi connectivity index (χ1) is 10.1. The minimum Gasteiger partial charge on any atom is -0.464 e. The second-order valence-corrected chi connectivity index (χ2v) is 5.52. The summed E-state index contributed by atoms with van der Waals surface area (Å²) in [6, 6.07) is 8.96. The van der Waals surface area contributed by atoms with Gasteiger partial charge in [-0.25, -0.2) is 4.39 Å². The van der Waals surface area contributed by atoms with Gasteiger partial charge in [-0.2, -0.15) is 0 Å². The summed E-state index contributed by atoms with van der Waals surface area (Å²) in [5, 5.41) is 3.64. The molecular weight excluding hydrogens is 289 g/mol. The minimum atomic E-state index is -0.384. The molecule has 2 rings (SSSR count). The molecule has 4 heteroatoms.